The van der Waals surface area contributed by atoms with Gasteiger partial charge in [0, 0.05) is 18.9 Å². The third-order valence-electron chi connectivity index (χ3n) is 6.11. The van der Waals surface area contributed by atoms with Crippen LogP contribution in [-0.2, 0) is 15.0 Å². The summed E-state index contributed by atoms with van der Waals surface area (Å²) < 4.78 is 14.7. The monoisotopic (exact) mass is 380 g/mol. The molecule has 4 nitrogen and oxygen atoms in total. The van der Waals surface area contributed by atoms with Crippen molar-refractivity contribution >= 4 is 17.5 Å². The zero-order valence-electron chi connectivity index (χ0n) is 16.1. The van der Waals surface area contributed by atoms with E-state index in [4.69, 9.17) is 0 Å². The van der Waals surface area contributed by atoms with Gasteiger partial charge in [0.05, 0.1) is 18.2 Å². The summed E-state index contributed by atoms with van der Waals surface area (Å²) in [6, 6.07) is 14.2. The van der Waals surface area contributed by atoms with Gasteiger partial charge in [0.15, 0.2) is 0 Å². The molecule has 0 bridgehead atoms. The number of rotatable bonds is 4. The lowest BCUT2D eigenvalue weighted by atomic mass is 9.81. The predicted octanol–water partition coefficient (Wildman–Crippen LogP) is 4.25. The van der Waals surface area contributed by atoms with Crippen LogP contribution in [0.5, 0.6) is 0 Å². The van der Waals surface area contributed by atoms with Crippen molar-refractivity contribution in [1.82, 2.24) is 5.32 Å². The average molecular weight is 380 g/mol. The molecule has 0 unspecified atom stereocenters. The number of hydrogen-bond donors (Lipinski definition) is 1. The minimum absolute atomic E-state index is 0.105. The summed E-state index contributed by atoms with van der Waals surface area (Å²) in [6.07, 6.45) is 4.29. The SMILES string of the molecule is CC(=O)N[C@@H](CC(=O)N1CC2(CCCC2)c2cccc(F)c21)c1ccccc1. The summed E-state index contributed by atoms with van der Waals surface area (Å²) in [5.74, 6) is -0.690. The summed E-state index contributed by atoms with van der Waals surface area (Å²) in [7, 11) is 0. The first-order valence-electron chi connectivity index (χ1n) is 9.92. The second-order valence-corrected chi connectivity index (χ2v) is 7.97. The Hall–Kier alpha value is -2.69. The van der Waals surface area contributed by atoms with Crippen molar-refractivity contribution in [3.8, 4) is 0 Å². The topological polar surface area (TPSA) is 49.4 Å². The third-order valence-corrected chi connectivity index (χ3v) is 6.11. The van der Waals surface area contributed by atoms with Gasteiger partial charge in [0.25, 0.3) is 0 Å². The van der Waals surface area contributed by atoms with Crippen LogP contribution in [0.2, 0.25) is 0 Å². The largest absolute Gasteiger partial charge is 0.349 e. The highest BCUT2D eigenvalue weighted by molar-refractivity contribution is 5.97. The van der Waals surface area contributed by atoms with Gasteiger partial charge < -0.3 is 10.2 Å². The minimum Gasteiger partial charge on any atom is -0.349 e. The highest BCUT2D eigenvalue weighted by Gasteiger charge is 2.47. The molecule has 4 rings (SSSR count). The molecule has 1 saturated carbocycles. The zero-order valence-corrected chi connectivity index (χ0v) is 16.1. The lowest BCUT2D eigenvalue weighted by Crippen LogP contribution is -2.38. The van der Waals surface area contributed by atoms with E-state index in [1.165, 1.54) is 13.0 Å². The lowest BCUT2D eigenvalue weighted by Gasteiger charge is -2.26. The van der Waals surface area contributed by atoms with Gasteiger partial charge in [-0.2, -0.15) is 0 Å². The number of carbonyl (C=O) groups excluding carboxylic acids is 2. The van der Waals surface area contributed by atoms with Crippen molar-refractivity contribution in [3.63, 3.8) is 0 Å². The fourth-order valence-corrected chi connectivity index (χ4v) is 4.84. The number of anilines is 1. The molecule has 2 aliphatic rings. The number of hydrogen-bond acceptors (Lipinski definition) is 2. The van der Waals surface area contributed by atoms with Crippen LogP contribution in [0.25, 0.3) is 0 Å². The van der Waals surface area contributed by atoms with Crippen LogP contribution >= 0.6 is 0 Å². The van der Waals surface area contributed by atoms with E-state index in [-0.39, 0.29) is 29.5 Å². The molecule has 1 spiro atoms. The molecular weight excluding hydrogens is 355 g/mol. The van der Waals surface area contributed by atoms with Crippen LogP contribution < -0.4 is 10.2 Å². The molecule has 0 saturated heterocycles. The fourth-order valence-electron chi connectivity index (χ4n) is 4.84. The van der Waals surface area contributed by atoms with Gasteiger partial charge in [0.2, 0.25) is 11.8 Å². The molecule has 5 heteroatoms. The maximum absolute atomic E-state index is 14.7. The molecule has 0 aromatic heterocycles. The Morgan fingerprint density at radius 2 is 1.82 bits per heavy atom. The number of benzene rings is 2. The fraction of sp³-hybridized carbons (Fsp3) is 0.391. The number of nitrogens with zero attached hydrogens (tertiary/aromatic N) is 1. The van der Waals surface area contributed by atoms with E-state index in [2.05, 4.69) is 5.32 Å². The predicted molar refractivity (Wildman–Crippen MR) is 107 cm³/mol. The third kappa shape index (κ3) is 3.30. The van der Waals surface area contributed by atoms with Crippen LogP contribution in [0.1, 0.15) is 56.2 Å². The second-order valence-electron chi connectivity index (χ2n) is 7.97. The first-order valence-corrected chi connectivity index (χ1v) is 9.92. The molecule has 1 heterocycles. The Balaban J connectivity index is 1.64. The molecule has 2 aromatic rings. The normalized spacial score (nSPS) is 18.1. The van der Waals surface area contributed by atoms with Crippen LogP contribution in [0.15, 0.2) is 48.5 Å². The van der Waals surface area contributed by atoms with Gasteiger partial charge >= 0.3 is 0 Å². The maximum Gasteiger partial charge on any atom is 0.229 e. The minimum atomic E-state index is -0.429. The van der Waals surface area contributed by atoms with E-state index in [1.54, 1.807) is 11.0 Å². The smallest absolute Gasteiger partial charge is 0.229 e. The Kier molecular flexibility index (Phi) is 4.92. The molecule has 1 aliphatic heterocycles. The van der Waals surface area contributed by atoms with Crippen LogP contribution in [0, 0.1) is 5.82 Å². The number of amides is 2. The average Bonchev–Trinajstić information content (AvgIpc) is 3.28. The van der Waals surface area contributed by atoms with Crippen molar-refractivity contribution in [3.05, 3.63) is 65.5 Å². The highest BCUT2D eigenvalue weighted by atomic mass is 19.1. The molecule has 1 N–H and O–H groups in total. The summed E-state index contributed by atoms with van der Waals surface area (Å²) in [5.41, 5.74) is 2.15. The molecule has 1 atom stereocenters. The van der Waals surface area contributed by atoms with E-state index in [0.717, 1.165) is 36.8 Å². The molecule has 0 radical (unpaired) electrons. The summed E-state index contributed by atoms with van der Waals surface area (Å²) in [4.78, 5) is 26.6. The van der Waals surface area contributed by atoms with E-state index in [0.29, 0.717) is 12.2 Å². The second kappa shape index (κ2) is 7.38. The molecule has 28 heavy (non-hydrogen) atoms. The standard InChI is InChI=1S/C23H25FN2O2/c1-16(27)25-20(17-8-3-2-4-9-17)14-21(28)26-15-23(12-5-6-13-23)18-10-7-11-19(24)22(18)26/h2-4,7-11,20H,5-6,12-15H2,1H3,(H,25,27)/t20-/m0/s1. The van der Waals surface area contributed by atoms with Crippen molar-refractivity contribution in [1.29, 1.82) is 0 Å². The Morgan fingerprint density at radius 1 is 1.11 bits per heavy atom. The van der Waals surface area contributed by atoms with E-state index in [1.807, 2.05) is 36.4 Å². The van der Waals surface area contributed by atoms with Crippen LogP contribution in [0.4, 0.5) is 10.1 Å². The molecule has 1 fully saturated rings. The Bertz CT molecular complexity index is 891. The van der Waals surface area contributed by atoms with Gasteiger partial charge in [-0.15, -0.1) is 0 Å². The van der Waals surface area contributed by atoms with Gasteiger partial charge in [-0.1, -0.05) is 55.3 Å². The zero-order chi connectivity index (χ0) is 19.7. The van der Waals surface area contributed by atoms with Gasteiger partial charge in [-0.25, -0.2) is 4.39 Å². The quantitative estimate of drug-likeness (QED) is 0.862. The number of fused-ring (bicyclic) bond motifs is 2. The van der Waals surface area contributed by atoms with E-state index < -0.39 is 6.04 Å². The molecule has 2 aromatic carbocycles. The first-order chi connectivity index (χ1) is 13.5. The lowest BCUT2D eigenvalue weighted by molar-refractivity contribution is -0.121. The molecule has 2 amide bonds. The first kappa shape index (κ1) is 18.7. The van der Waals surface area contributed by atoms with Crippen molar-refractivity contribution in [2.75, 3.05) is 11.4 Å². The van der Waals surface area contributed by atoms with Crippen molar-refractivity contribution in [2.24, 2.45) is 0 Å². The van der Waals surface area contributed by atoms with Crippen LogP contribution in [-0.4, -0.2) is 18.4 Å². The van der Waals surface area contributed by atoms with Gasteiger partial charge in [-0.3, -0.25) is 9.59 Å². The Labute approximate surface area is 164 Å². The summed E-state index contributed by atoms with van der Waals surface area (Å²) >= 11 is 0. The number of halogens is 1. The number of carbonyl (C=O) groups is 2. The summed E-state index contributed by atoms with van der Waals surface area (Å²) in [6.45, 7) is 1.97. The maximum atomic E-state index is 14.7. The van der Waals surface area contributed by atoms with Crippen LogP contribution in [0.3, 0.4) is 0 Å². The van der Waals surface area contributed by atoms with E-state index >= 15 is 0 Å². The molecule has 1 aliphatic carbocycles. The summed E-state index contributed by atoms with van der Waals surface area (Å²) in [5, 5.41) is 2.87. The van der Waals surface area contributed by atoms with Gasteiger partial charge in [-0.05, 0) is 30.0 Å². The Morgan fingerprint density at radius 3 is 2.50 bits per heavy atom. The molecule has 146 valence electrons. The molecular formula is C23H25FN2O2. The van der Waals surface area contributed by atoms with Crippen molar-refractivity contribution in [2.45, 2.75) is 50.5 Å². The van der Waals surface area contributed by atoms with E-state index in [9.17, 15) is 14.0 Å². The van der Waals surface area contributed by atoms with Crippen molar-refractivity contribution < 1.29 is 14.0 Å². The number of nitrogens with one attached hydrogen (secondary N) is 1. The highest BCUT2D eigenvalue weighted by Crippen LogP contribution is 2.51. The number of para-hydroxylation sites is 1. The van der Waals surface area contributed by atoms with Gasteiger partial charge in [0.1, 0.15) is 5.82 Å².